The Hall–Kier alpha value is -2.08. The molecule has 0 aromatic heterocycles. The standard InChI is InChI=1S/C21H17ClN2OS2/c22-15-7-9-16(10-8-15)27-12-19(25)24-21(26)23-18-11-6-14-5-4-13-2-1-3-17(18)20(13)14/h1-3,6-11H,4-5,12H2,(H2,23,24,25,26). The van der Waals surface area contributed by atoms with Crippen LogP contribution in [0.25, 0.3) is 10.8 Å². The van der Waals surface area contributed by atoms with Crippen LogP contribution < -0.4 is 10.6 Å². The van der Waals surface area contributed by atoms with Crippen molar-refractivity contribution in [3.63, 3.8) is 0 Å². The second kappa shape index (κ2) is 7.89. The molecule has 0 radical (unpaired) electrons. The zero-order chi connectivity index (χ0) is 18.8. The summed E-state index contributed by atoms with van der Waals surface area (Å²) in [5.74, 6) is 0.145. The lowest BCUT2D eigenvalue weighted by molar-refractivity contribution is -0.117. The van der Waals surface area contributed by atoms with Crippen LogP contribution in [0.2, 0.25) is 5.02 Å². The van der Waals surface area contributed by atoms with Crippen LogP contribution in [0, 0.1) is 0 Å². The van der Waals surface area contributed by atoms with Gasteiger partial charge in [-0.1, -0.05) is 35.9 Å². The molecule has 0 bridgehead atoms. The molecule has 0 saturated carbocycles. The van der Waals surface area contributed by atoms with Crippen molar-refractivity contribution in [2.45, 2.75) is 17.7 Å². The third-order valence-corrected chi connectivity index (χ3v) is 6.03. The van der Waals surface area contributed by atoms with E-state index in [2.05, 4.69) is 34.9 Å². The number of halogens is 1. The van der Waals surface area contributed by atoms with E-state index in [0.29, 0.717) is 10.1 Å². The molecule has 0 fully saturated rings. The highest BCUT2D eigenvalue weighted by atomic mass is 35.5. The summed E-state index contributed by atoms with van der Waals surface area (Å²) in [6, 6.07) is 17.9. The number of aryl methyl sites for hydroxylation is 2. The van der Waals surface area contributed by atoms with E-state index in [0.717, 1.165) is 28.8 Å². The maximum absolute atomic E-state index is 12.2. The number of hydrogen-bond donors (Lipinski definition) is 2. The molecule has 6 heteroatoms. The van der Waals surface area contributed by atoms with Gasteiger partial charge in [0.05, 0.1) is 5.75 Å². The molecule has 0 aliphatic heterocycles. The summed E-state index contributed by atoms with van der Waals surface area (Å²) in [6.45, 7) is 0. The van der Waals surface area contributed by atoms with Crippen LogP contribution in [0.15, 0.2) is 59.5 Å². The molecule has 1 amide bonds. The molecule has 136 valence electrons. The first-order valence-corrected chi connectivity index (χ1v) is 10.4. The smallest absolute Gasteiger partial charge is 0.236 e. The Bertz CT molecular complexity index is 1020. The number of rotatable bonds is 4. The summed E-state index contributed by atoms with van der Waals surface area (Å²) >= 11 is 12.6. The SMILES string of the molecule is O=C(CSc1ccc(Cl)cc1)NC(=S)Nc1ccc2c3c(cccc13)CC2. The summed E-state index contributed by atoms with van der Waals surface area (Å²) < 4.78 is 0. The van der Waals surface area contributed by atoms with Gasteiger partial charge in [0.1, 0.15) is 0 Å². The van der Waals surface area contributed by atoms with E-state index in [9.17, 15) is 4.79 Å². The fraction of sp³-hybridized carbons (Fsp3) is 0.143. The number of amides is 1. The number of anilines is 1. The minimum absolute atomic E-state index is 0.140. The normalized spacial score (nSPS) is 12.2. The van der Waals surface area contributed by atoms with Gasteiger partial charge < -0.3 is 10.6 Å². The van der Waals surface area contributed by atoms with Gasteiger partial charge in [-0.05, 0) is 71.9 Å². The zero-order valence-corrected chi connectivity index (χ0v) is 16.8. The average molecular weight is 413 g/mol. The van der Waals surface area contributed by atoms with Gasteiger partial charge in [-0.25, -0.2) is 0 Å². The lowest BCUT2D eigenvalue weighted by atomic mass is 10.0. The highest BCUT2D eigenvalue weighted by molar-refractivity contribution is 8.00. The molecule has 27 heavy (non-hydrogen) atoms. The molecule has 0 atom stereocenters. The van der Waals surface area contributed by atoms with Gasteiger partial charge in [-0.3, -0.25) is 4.79 Å². The topological polar surface area (TPSA) is 41.1 Å². The molecule has 4 rings (SSSR count). The number of thioether (sulfide) groups is 1. The fourth-order valence-electron chi connectivity index (χ4n) is 3.35. The van der Waals surface area contributed by atoms with Crippen LogP contribution >= 0.6 is 35.6 Å². The molecule has 1 aliphatic carbocycles. The van der Waals surface area contributed by atoms with E-state index in [1.807, 2.05) is 30.3 Å². The maximum atomic E-state index is 12.2. The monoisotopic (exact) mass is 412 g/mol. The molecular weight excluding hydrogens is 396 g/mol. The summed E-state index contributed by atoms with van der Waals surface area (Å²) in [5.41, 5.74) is 3.68. The predicted molar refractivity (Wildman–Crippen MR) is 118 cm³/mol. The first kappa shape index (κ1) is 18.3. The van der Waals surface area contributed by atoms with E-state index in [-0.39, 0.29) is 11.7 Å². The number of thiocarbonyl (C=S) groups is 1. The Balaban J connectivity index is 1.39. The van der Waals surface area contributed by atoms with Crippen molar-refractivity contribution in [2.75, 3.05) is 11.1 Å². The van der Waals surface area contributed by atoms with Crippen molar-refractivity contribution in [1.29, 1.82) is 0 Å². The van der Waals surface area contributed by atoms with E-state index < -0.39 is 0 Å². The lowest BCUT2D eigenvalue weighted by Gasteiger charge is -2.13. The molecule has 0 spiro atoms. The van der Waals surface area contributed by atoms with Crippen molar-refractivity contribution in [2.24, 2.45) is 0 Å². The molecule has 0 saturated heterocycles. The van der Waals surface area contributed by atoms with Gasteiger partial charge in [0.25, 0.3) is 0 Å². The van der Waals surface area contributed by atoms with Gasteiger partial charge in [0.15, 0.2) is 5.11 Å². The van der Waals surface area contributed by atoms with Crippen LogP contribution in [0.3, 0.4) is 0 Å². The molecule has 3 aromatic carbocycles. The molecule has 0 heterocycles. The quantitative estimate of drug-likeness (QED) is 0.456. The Labute approximate surface area is 172 Å². The highest BCUT2D eigenvalue weighted by Gasteiger charge is 2.16. The number of carbonyl (C=O) groups excluding carboxylic acids is 1. The molecular formula is C21H17ClN2OS2. The number of carbonyl (C=O) groups is 1. The second-order valence-electron chi connectivity index (χ2n) is 6.36. The van der Waals surface area contributed by atoms with Crippen molar-refractivity contribution >= 4 is 63.1 Å². The van der Waals surface area contributed by atoms with E-state index in [1.54, 1.807) is 0 Å². The summed E-state index contributed by atoms with van der Waals surface area (Å²) in [4.78, 5) is 13.2. The number of hydrogen-bond acceptors (Lipinski definition) is 3. The van der Waals surface area contributed by atoms with Crippen LogP contribution in [0.5, 0.6) is 0 Å². The number of benzene rings is 3. The summed E-state index contributed by atoms with van der Waals surface area (Å²) in [5, 5.41) is 9.39. The van der Waals surface area contributed by atoms with Crippen molar-refractivity contribution < 1.29 is 4.79 Å². The largest absolute Gasteiger partial charge is 0.332 e. The van der Waals surface area contributed by atoms with Crippen LogP contribution in [0.1, 0.15) is 11.1 Å². The molecule has 1 aliphatic rings. The van der Waals surface area contributed by atoms with Crippen molar-refractivity contribution in [1.82, 2.24) is 5.32 Å². The summed E-state index contributed by atoms with van der Waals surface area (Å²) in [6.07, 6.45) is 2.17. The minimum Gasteiger partial charge on any atom is -0.332 e. The maximum Gasteiger partial charge on any atom is 0.236 e. The highest BCUT2D eigenvalue weighted by Crippen LogP contribution is 2.34. The van der Waals surface area contributed by atoms with Gasteiger partial charge in [-0.15, -0.1) is 11.8 Å². The molecule has 2 N–H and O–H groups in total. The van der Waals surface area contributed by atoms with Gasteiger partial charge in [0, 0.05) is 21.0 Å². The fourth-order valence-corrected chi connectivity index (χ4v) is 4.40. The van der Waals surface area contributed by atoms with E-state index in [4.69, 9.17) is 23.8 Å². The Morgan fingerprint density at radius 2 is 1.78 bits per heavy atom. The molecule has 3 aromatic rings. The van der Waals surface area contributed by atoms with Gasteiger partial charge in [0.2, 0.25) is 5.91 Å². The zero-order valence-electron chi connectivity index (χ0n) is 14.4. The average Bonchev–Trinajstić information content (AvgIpc) is 3.08. The Kier molecular flexibility index (Phi) is 5.34. The first-order chi connectivity index (χ1) is 13.1. The predicted octanol–water partition coefficient (Wildman–Crippen LogP) is 5.20. The van der Waals surface area contributed by atoms with Crippen molar-refractivity contribution in [3.05, 3.63) is 70.7 Å². The Morgan fingerprint density at radius 3 is 2.56 bits per heavy atom. The third-order valence-electron chi connectivity index (χ3n) is 4.56. The summed E-state index contributed by atoms with van der Waals surface area (Å²) in [7, 11) is 0. The van der Waals surface area contributed by atoms with Gasteiger partial charge >= 0.3 is 0 Å². The van der Waals surface area contributed by atoms with Crippen molar-refractivity contribution in [3.8, 4) is 0 Å². The second-order valence-corrected chi connectivity index (χ2v) is 8.25. The first-order valence-electron chi connectivity index (χ1n) is 8.63. The molecule has 0 unspecified atom stereocenters. The van der Waals surface area contributed by atoms with E-state index >= 15 is 0 Å². The Morgan fingerprint density at radius 1 is 1.04 bits per heavy atom. The molecule has 3 nitrogen and oxygen atoms in total. The minimum atomic E-state index is -0.140. The number of nitrogens with one attached hydrogen (secondary N) is 2. The van der Waals surface area contributed by atoms with Crippen LogP contribution in [-0.4, -0.2) is 16.8 Å². The third kappa shape index (κ3) is 4.10. The van der Waals surface area contributed by atoms with E-state index in [1.165, 1.54) is 28.3 Å². The lowest BCUT2D eigenvalue weighted by Crippen LogP contribution is -2.35. The van der Waals surface area contributed by atoms with Crippen LogP contribution in [-0.2, 0) is 17.6 Å². The van der Waals surface area contributed by atoms with Crippen LogP contribution in [0.4, 0.5) is 5.69 Å². The van der Waals surface area contributed by atoms with Gasteiger partial charge in [-0.2, -0.15) is 0 Å².